The monoisotopic (exact) mass is 313 g/mol. The van der Waals surface area contributed by atoms with E-state index in [1.807, 2.05) is 42.5 Å². The molecule has 2 aromatic rings. The smallest absolute Gasteiger partial charge is 0.226 e. The lowest BCUT2D eigenvalue weighted by molar-refractivity contribution is -0.129. The van der Waals surface area contributed by atoms with Gasteiger partial charge < -0.3 is 14.7 Å². The van der Waals surface area contributed by atoms with Crippen molar-refractivity contribution in [3.63, 3.8) is 0 Å². The molecule has 0 bridgehead atoms. The maximum atomic E-state index is 12.0. The Morgan fingerprint density at radius 3 is 2.70 bits per heavy atom. The van der Waals surface area contributed by atoms with Gasteiger partial charge in [0.15, 0.2) is 0 Å². The topological polar surface area (TPSA) is 49.8 Å². The highest BCUT2D eigenvalue weighted by atomic mass is 16.5. The first kappa shape index (κ1) is 17.0. The standard InChI is InChI=1S/C19H23NO3/c1-15-6-3-4-8-17(15)14-23-18-9-5-7-16(12-18)13-19(22)20(2)10-11-21/h3-9,12,21H,10-11,13-14H2,1-2H3. The van der Waals surface area contributed by atoms with E-state index in [4.69, 9.17) is 9.84 Å². The van der Waals surface area contributed by atoms with Gasteiger partial charge in [0.1, 0.15) is 12.4 Å². The molecule has 122 valence electrons. The number of likely N-dealkylation sites (N-methyl/N-ethyl adjacent to an activating group) is 1. The van der Waals surface area contributed by atoms with Crippen molar-refractivity contribution < 1.29 is 14.6 Å². The minimum Gasteiger partial charge on any atom is -0.489 e. The van der Waals surface area contributed by atoms with Gasteiger partial charge in [-0.3, -0.25) is 4.79 Å². The molecule has 0 fully saturated rings. The predicted molar refractivity (Wildman–Crippen MR) is 90.4 cm³/mol. The van der Waals surface area contributed by atoms with Crippen molar-refractivity contribution in [2.24, 2.45) is 0 Å². The van der Waals surface area contributed by atoms with Crippen molar-refractivity contribution in [2.45, 2.75) is 20.0 Å². The van der Waals surface area contributed by atoms with Gasteiger partial charge in [0.05, 0.1) is 13.0 Å². The Kier molecular flexibility index (Phi) is 6.18. The summed E-state index contributed by atoms with van der Waals surface area (Å²) in [6.07, 6.45) is 0.304. The third-order valence-corrected chi connectivity index (χ3v) is 3.77. The molecule has 0 aromatic heterocycles. The first-order valence-electron chi connectivity index (χ1n) is 7.71. The van der Waals surface area contributed by atoms with E-state index in [2.05, 4.69) is 13.0 Å². The second kappa shape index (κ2) is 8.34. The average Bonchev–Trinajstić information content (AvgIpc) is 2.54. The molecule has 0 aliphatic rings. The molecule has 2 rings (SSSR count). The van der Waals surface area contributed by atoms with E-state index in [1.54, 1.807) is 7.05 Å². The van der Waals surface area contributed by atoms with E-state index < -0.39 is 0 Å². The van der Waals surface area contributed by atoms with Crippen LogP contribution in [0.5, 0.6) is 5.75 Å². The maximum absolute atomic E-state index is 12.0. The summed E-state index contributed by atoms with van der Waals surface area (Å²) in [4.78, 5) is 13.5. The van der Waals surface area contributed by atoms with Crippen LogP contribution in [-0.4, -0.2) is 36.1 Å². The van der Waals surface area contributed by atoms with Gasteiger partial charge in [-0.2, -0.15) is 0 Å². The molecule has 0 saturated carbocycles. The fourth-order valence-electron chi connectivity index (χ4n) is 2.26. The van der Waals surface area contributed by atoms with Crippen molar-refractivity contribution in [3.05, 3.63) is 65.2 Å². The number of aryl methyl sites for hydroxylation is 1. The van der Waals surface area contributed by atoms with Crippen LogP contribution in [0.4, 0.5) is 0 Å². The zero-order valence-electron chi connectivity index (χ0n) is 13.7. The normalized spacial score (nSPS) is 10.4. The number of hydrogen-bond acceptors (Lipinski definition) is 3. The summed E-state index contributed by atoms with van der Waals surface area (Å²) in [5.74, 6) is 0.735. The fourth-order valence-corrected chi connectivity index (χ4v) is 2.26. The first-order chi connectivity index (χ1) is 11.1. The highest BCUT2D eigenvalue weighted by molar-refractivity contribution is 5.78. The SMILES string of the molecule is Cc1ccccc1COc1cccc(CC(=O)N(C)CCO)c1. The second-order valence-electron chi connectivity index (χ2n) is 5.58. The van der Waals surface area contributed by atoms with Crippen LogP contribution >= 0.6 is 0 Å². The number of hydrogen-bond donors (Lipinski definition) is 1. The first-order valence-corrected chi connectivity index (χ1v) is 7.71. The van der Waals surface area contributed by atoms with Gasteiger partial charge in [0.2, 0.25) is 5.91 Å². The molecule has 1 N–H and O–H groups in total. The predicted octanol–water partition coefficient (Wildman–Crippen LogP) is 2.57. The molecule has 0 atom stereocenters. The summed E-state index contributed by atoms with van der Waals surface area (Å²) in [5, 5.41) is 8.88. The minimum atomic E-state index is -0.0260. The molecule has 0 unspecified atom stereocenters. The number of ether oxygens (including phenoxy) is 1. The number of benzene rings is 2. The molecule has 23 heavy (non-hydrogen) atoms. The van der Waals surface area contributed by atoms with Gasteiger partial charge in [-0.25, -0.2) is 0 Å². The van der Waals surface area contributed by atoms with E-state index in [1.165, 1.54) is 10.5 Å². The molecular formula is C19H23NO3. The Hall–Kier alpha value is -2.33. The molecule has 0 radical (unpaired) electrons. The van der Waals surface area contributed by atoms with Crippen LogP contribution < -0.4 is 4.74 Å². The number of carbonyl (C=O) groups is 1. The van der Waals surface area contributed by atoms with Crippen molar-refractivity contribution in [3.8, 4) is 5.75 Å². The molecule has 1 amide bonds. The largest absolute Gasteiger partial charge is 0.489 e. The molecule has 4 heteroatoms. The van der Waals surface area contributed by atoms with Crippen LogP contribution in [0.1, 0.15) is 16.7 Å². The molecular weight excluding hydrogens is 290 g/mol. The zero-order chi connectivity index (χ0) is 16.7. The Morgan fingerprint density at radius 1 is 1.17 bits per heavy atom. The molecule has 2 aromatic carbocycles. The molecule has 0 saturated heterocycles. The van der Waals surface area contributed by atoms with Gasteiger partial charge in [0, 0.05) is 13.6 Å². The highest BCUT2D eigenvalue weighted by Gasteiger charge is 2.09. The van der Waals surface area contributed by atoms with Crippen LogP contribution in [0, 0.1) is 6.92 Å². The lowest BCUT2D eigenvalue weighted by Crippen LogP contribution is -2.30. The van der Waals surface area contributed by atoms with E-state index in [0.717, 1.165) is 16.9 Å². The van der Waals surface area contributed by atoms with Gasteiger partial charge in [-0.15, -0.1) is 0 Å². The zero-order valence-corrected chi connectivity index (χ0v) is 13.7. The summed E-state index contributed by atoms with van der Waals surface area (Å²) in [5.41, 5.74) is 3.25. The van der Waals surface area contributed by atoms with Crippen LogP contribution in [0.2, 0.25) is 0 Å². The van der Waals surface area contributed by atoms with Gasteiger partial charge in [0.25, 0.3) is 0 Å². The Bertz CT molecular complexity index is 655. The van der Waals surface area contributed by atoms with Crippen molar-refractivity contribution in [2.75, 3.05) is 20.2 Å². The maximum Gasteiger partial charge on any atom is 0.226 e. The fraction of sp³-hybridized carbons (Fsp3) is 0.316. The van der Waals surface area contributed by atoms with Gasteiger partial charge in [-0.05, 0) is 35.7 Å². The summed E-state index contributed by atoms with van der Waals surface area (Å²) in [6.45, 7) is 2.89. The van der Waals surface area contributed by atoms with E-state index in [9.17, 15) is 4.79 Å². The summed E-state index contributed by atoms with van der Waals surface area (Å²) >= 11 is 0. The molecule has 0 aliphatic carbocycles. The number of rotatable bonds is 7. The molecule has 0 spiro atoms. The molecule has 0 heterocycles. The number of amides is 1. The Balaban J connectivity index is 1.97. The number of aliphatic hydroxyl groups is 1. The third kappa shape index (κ3) is 5.11. The lowest BCUT2D eigenvalue weighted by Gasteiger charge is -2.16. The number of carbonyl (C=O) groups excluding carboxylic acids is 1. The third-order valence-electron chi connectivity index (χ3n) is 3.77. The number of aliphatic hydroxyl groups excluding tert-OH is 1. The van der Waals surface area contributed by atoms with E-state index >= 15 is 0 Å². The minimum absolute atomic E-state index is 0.0184. The Morgan fingerprint density at radius 2 is 1.96 bits per heavy atom. The van der Waals surface area contributed by atoms with Crippen LogP contribution in [0.3, 0.4) is 0 Å². The quantitative estimate of drug-likeness (QED) is 0.855. The van der Waals surface area contributed by atoms with Crippen LogP contribution in [-0.2, 0) is 17.8 Å². The van der Waals surface area contributed by atoms with Crippen molar-refractivity contribution in [1.82, 2.24) is 4.90 Å². The van der Waals surface area contributed by atoms with E-state index in [-0.39, 0.29) is 12.5 Å². The summed E-state index contributed by atoms with van der Waals surface area (Å²) < 4.78 is 5.84. The van der Waals surface area contributed by atoms with Crippen LogP contribution in [0.15, 0.2) is 48.5 Å². The van der Waals surface area contributed by atoms with Crippen molar-refractivity contribution >= 4 is 5.91 Å². The second-order valence-corrected chi connectivity index (χ2v) is 5.58. The van der Waals surface area contributed by atoms with Gasteiger partial charge in [-0.1, -0.05) is 36.4 Å². The summed E-state index contributed by atoms with van der Waals surface area (Å²) in [7, 11) is 1.69. The number of nitrogens with zero attached hydrogens (tertiary/aromatic N) is 1. The molecule has 0 aliphatic heterocycles. The van der Waals surface area contributed by atoms with E-state index in [0.29, 0.717) is 19.6 Å². The highest BCUT2D eigenvalue weighted by Crippen LogP contribution is 2.17. The van der Waals surface area contributed by atoms with Crippen LogP contribution in [0.25, 0.3) is 0 Å². The summed E-state index contributed by atoms with van der Waals surface area (Å²) in [6, 6.07) is 15.7. The lowest BCUT2D eigenvalue weighted by atomic mass is 10.1. The molecule has 4 nitrogen and oxygen atoms in total. The average molecular weight is 313 g/mol. The Labute approximate surface area is 137 Å². The van der Waals surface area contributed by atoms with Gasteiger partial charge >= 0.3 is 0 Å². The van der Waals surface area contributed by atoms with Crippen molar-refractivity contribution in [1.29, 1.82) is 0 Å².